The average Bonchev–Trinajstić information content (AvgIpc) is 2.72. The van der Waals surface area contributed by atoms with E-state index in [1.807, 2.05) is 0 Å². The van der Waals surface area contributed by atoms with Gasteiger partial charge in [-0.1, -0.05) is 6.42 Å². The Balaban J connectivity index is 1.67. The molecule has 106 valence electrons. The summed E-state index contributed by atoms with van der Waals surface area (Å²) in [6.07, 6.45) is 1.10. The normalized spacial score (nSPS) is 32.0. The predicted molar refractivity (Wildman–Crippen MR) is 65.2 cm³/mol. The molecule has 2 fully saturated rings. The summed E-state index contributed by atoms with van der Waals surface area (Å²) in [5.74, 6) is -0.493. The van der Waals surface area contributed by atoms with Gasteiger partial charge in [0, 0.05) is 6.04 Å². The van der Waals surface area contributed by atoms with Gasteiger partial charge in [-0.25, -0.2) is 0 Å². The Morgan fingerprint density at radius 3 is 2.22 bits per heavy atom. The fourth-order valence-corrected chi connectivity index (χ4v) is 3.26. The molecule has 1 aliphatic carbocycles. The molecule has 0 aromatic carbocycles. The van der Waals surface area contributed by atoms with Crippen LogP contribution in [0.2, 0.25) is 0 Å². The van der Waals surface area contributed by atoms with E-state index < -0.39 is 12.1 Å². The lowest BCUT2D eigenvalue weighted by Crippen LogP contribution is -2.40. The predicted octanol–water partition coefficient (Wildman–Crippen LogP) is 2.78. The molecule has 0 radical (unpaired) electrons. The molecule has 0 aromatic rings. The zero-order valence-electron chi connectivity index (χ0n) is 10.8. The summed E-state index contributed by atoms with van der Waals surface area (Å²) in [7, 11) is 0. The number of nitrogens with two attached hydrogens (primary N) is 1. The van der Waals surface area contributed by atoms with Crippen molar-refractivity contribution in [1.29, 1.82) is 0 Å². The van der Waals surface area contributed by atoms with E-state index in [-0.39, 0.29) is 12.8 Å². The first-order chi connectivity index (χ1) is 8.47. The zero-order valence-corrected chi connectivity index (χ0v) is 10.8. The number of hydrogen-bond donors (Lipinski definition) is 1. The molecule has 0 aromatic heterocycles. The molecule has 0 spiro atoms. The maximum Gasteiger partial charge on any atom is 0.391 e. The summed E-state index contributed by atoms with van der Waals surface area (Å²) in [4.78, 5) is 2.17. The molecule has 0 amide bonds. The van der Waals surface area contributed by atoms with Crippen LogP contribution in [0.5, 0.6) is 0 Å². The van der Waals surface area contributed by atoms with Crippen molar-refractivity contribution in [2.45, 2.75) is 50.7 Å². The number of hydrogen-bond acceptors (Lipinski definition) is 2. The molecule has 2 atom stereocenters. The van der Waals surface area contributed by atoms with Crippen LogP contribution in [-0.4, -0.2) is 36.8 Å². The Labute approximate surface area is 107 Å². The fraction of sp³-hybridized carbons (Fsp3) is 1.00. The molecular weight excluding hydrogens is 241 g/mol. The van der Waals surface area contributed by atoms with Crippen molar-refractivity contribution in [2.75, 3.05) is 19.6 Å². The van der Waals surface area contributed by atoms with E-state index in [9.17, 15) is 13.2 Å². The number of nitrogens with zero attached hydrogens (tertiary/aromatic N) is 1. The fourth-order valence-electron chi connectivity index (χ4n) is 3.26. The van der Waals surface area contributed by atoms with Gasteiger partial charge in [-0.05, 0) is 57.7 Å². The molecule has 5 heteroatoms. The maximum absolute atomic E-state index is 12.5. The SMILES string of the molecule is NC1CCCC1CCN1CCC(C(F)(F)F)CC1. The van der Waals surface area contributed by atoms with Crippen molar-refractivity contribution < 1.29 is 13.2 Å². The largest absolute Gasteiger partial charge is 0.391 e. The smallest absolute Gasteiger partial charge is 0.327 e. The lowest BCUT2D eigenvalue weighted by Gasteiger charge is -2.33. The highest BCUT2D eigenvalue weighted by atomic mass is 19.4. The standard InChI is InChI=1S/C13H23F3N2/c14-13(15,16)11-5-8-18(9-6-11)7-4-10-2-1-3-12(10)17/h10-12H,1-9,17H2. The van der Waals surface area contributed by atoms with Crippen molar-refractivity contribution in [2.24, 2.45) is 17.6 Å². The zero-order chi connectivity index (χ0) is 13.2. The van der Waals surface area contributed by atoms with Gasteiger partial charge < -0.3 is 10.6 Å². The van der Waals surface area contributed by atoms with Crippen LogP contribution in [0, 0.1) is 11.8 Å². The minimum Gasteiger partial charge on any atom is -0.327 e. The highest BCUT2D eigenvalue weighted by Crippen LogP contribution is 2.34. The van der Waals surface area contributed by atoms with Crippen LogP contribution in [-0.2, 0) is 0 Å². The topological polar surface area (TPSA) is 29.3 Å². The molecule has 2 aliphatic rings. The number of likely N-dealkylation sites (tertiary alicyclic amines) is 1. The van der Waals surface area contributed by atoms with E-state index in [1.54, 1.807) is 0 Å². The second-order valence-electron chi connectivity index (χ2n) is 5.80. The minimum atomic E-state index is -4.00. The Bertz CT molecular complexity index is 259. The molecule has 2 rings (SSSR count). The van der Waals surface area contributed by atoms with Crippen LogP contribution in [0.15, 0.2) is 0 Å². The lowest BCUT2D eigenvalue weighted by atomic mass is 9.95. The Hall–Kier alpha value is -0.290. The Kier molecular flexibility index (Phi) is 4.54. The third-order valence-electron chi connectivity index (χ3n) is 4.58. The van der Waals surface area contributed by atoms with Gasteiger partial charge in [0.15, 0.2) is 0 Å². The van der Waals surface area contributed by atoms with Crippen molar-refractivity contribution in [3.63, 3.8) is 0 Å². The molecule has 2 unspecified atom stereocenters. The third kappa shape index (κ3) is 3.60. The van der Waals surface area contributed by atoms with Crippen molar-refractivity contribution in [3.05, 3.63) is 0 Å². The Morgan fingerprint density at radius 2 is 1.72 bits per heavy atom. The second kappa shape index (κ2) is 5.78. The van der Waals surface area contributed by atoms with Crippen molar-refractivity contribution in [1.82, 2.24) is 4.90 Å². The lowest BCUT2D eigenvalue weighted by molar-refractivity contribution is -0.185. The van der Waals surface area contributed by atoms with Gasteiger partial charge in [0.1, 0.15) is 0 Å². The van der Waals surface area contributed by atoms with Crippen LogP contribution < -0.4 is 5.73 Å². The summed E-state index contributed by atoms with van der Waals surface area (Å²) >= 11 is 0. The van der Waals surface area contributed by atoms with Gasteiger partial charge in [0.2, 0.25) is 0 Å². The molecule has 0 bridgehead atoms. The summed E-state index contributed by atoms with van der Waals surface area (Å²) in [5.41, 5.74) is 6.01. The molecule has 2 nitrogen and oxygen atoms in total. The van der Waals surface area contributed by atoms with Crippen LogP contribution in [0.25, 0.3) is 0 Å². The minimum absolute atomic E-state index is 0.264. The van der Waals surface area contributed by atoms with Crippen LogP contribution in [0.4, 0.5) is 13.2 Å². The number of alkyl halides is 3. The van der Waals surface area contributed by atoms with Crippen molar-refractivity contribution >= 4 is 0 Å². The van der Waals surface area contributed by atoms with E-state index in [2.05, 4.69) is 4.90 Å². The quantitative estimate of drug-likeness (QED) is 0.849. The summed E-state index contributed by atoms with van der Waals surface area (Å²) in [6, 6.07) is 0.317. The molecule has 1 heterocycles. The average molecular weight is 264 g/mol. The highest BCUT2D eigenvalue weighted by molar-refractivity contribution is 4.82. The first kappa shape index (κ1) is 14.1. The third-order valence-corrected chi connectivity index (χ3v) is 4.58. The molecule has 2 N–H and O–H groups in total. The van der Waals surface area contributed by atoms with Gasteiger partial charge in [-0.3, -0.25) is 0 Å². The summed E-state index contributed by atoms with van der Waals surface area (Å²) in [6.45, 7) is 2.10. The maximum atomic E-state index is 12.5. The van der Waals surface area contributed by atoms with Gasteiger partial charge in [0.25, 0.3) is 0 Å². The molecule has 1 saturated carbocycles. The molecule has 1 saturated heterocycles. The second-order valence-corrected chi connectivity index (χ2v) is 5.80. The van der Waals surface area contributed by atoms with Crippen molar-refractivity contribution in [3.8, 4) is 0 Å². The van der Waals surface area contributed by atoms with Crippen LogP contribution in [0.1, 0.15) is 38.5 Å². The molecular formula is C13H23F3N2. The van der Waals surface area contributed by atoms with Crippen LogP contribution in [0.3, 0.4) is 0 Å². The van der Waals surface area contributed by atoms with E-state index in [1.165, 1.54) is 12.8 Å². The van der Waals surface area contributed by atoms with E-state index in [0.717, 1.165) is 19.4 Å². The monoisotopic (exact) mass is 264 g/mol. The molecule has 1 aliphatic heterocycles. The highest BCUT2D eigenvalue weighted by Gasteiger charge is 2.41. The first-order valence-electron chi connectivity index (χ1n) is 7.01. The Morgan fingerprint density at radius 1 is 1.06 bits per heavy atom. The van der Waals surface area contributed by atoms with Gasteiger partial charge in [0.05, 0.1) is 5.92 Å². The van der Waals surface area contributed by atoms with E-state index in [4.69, 9.17) is 5.73 Å². The van der Waals surface area contributed by atoms with Gasteiger partial charge in [-0.15, -0.1) is 0 Å². The number of halogens is 3. The van der Waals surface area contributed by atoms with Gasteiger partial charge in [-0.2, -0.15) is 13.2 Å². The van der Waals surface area contributed by atoms with Crippen LogP contribution >= 0.6 is 0 Å². The van der Waals surface area contributed by atoms with E-state index >= 15 is 0 Å². The molecule has 18 heavy (non-hydrogen) atoms. The first-order valence-corrected chi connectivity index (χ1v) is 7.01. The summed E-state index contributed by atoms with van der Waals surface area (Å²) in [5, 5.41) is 0. The van der Waals surface area contributed by atoms with Gasteiger partial charge >= 0.3 is 6.18 Å². The number of piperidine rings is 1. The van der Waals surface area contributed by atoms with E-state index in [0.29, 0.717) is 25.0 Å². The summed E-state index contributed by atoms with van der Waals surface area (Å²) < 4.78 is 37.5. The number of rotatable bonds is 3.